The van der Waals surface area contributed by atoms with Gasteiger partial charge in [0.25, 0.3) is 0 Å². The summed E-state index contributed by atoms with van der Waals surface area (Å²) in [4.78, 5) is 10.1. The van der Waals surface area contributed by atoms with Crippen LogP contribution in [0.1, 0.15) is 26.2 Å². The summed E-state index contributed by atoms with van der Waals surface area (Å²) in [5.74, 6) is -0.762. The van der Waals surface area contributed by atoms with Crippen LogP contribution in [0.5, 0.6) is 0 Å². The molecular weight excluding hydrogens is 174 g/mol. The van der Waals surface area contributed by atoms with Crippen molar-refractivity contribution in [3.05, 3.63) is 0 Å². The predicted octanol–water partition coefficient (Wildman–Crippen LogP) is 0.345. The first-order valence-electron chi connectivity index (χ1n) is 3.85. The molecule has 1 aliphatic rings. The van der Waals surface area contributed by atoms with E-state index in [9.17, 15) is 4.79 Å². The zero-order valence-corrected chi connectivity index (χ0v) is 7.62. The third-order valence-electron chi connectivity index (χ3n) is 1.43. The van der Waals surface area contributed by atoms with Gasteiger partial charge < -0.3 is 15.3 Å². The Morgan fingerprint density at radius 2 is 2.31 bits per heavy atom. The average molecular weight is 189 g/mol. The van der Waals surface area contributed by atoms with Crippen LogP contribution in [-0.2, 0) is 9.53 Å². The summed E-state index contributed by atoms with van der Waals surface area (Å²) in [6.07, 6.45) is 2.08. The van der Waals surface area contributed by atoms with Gasteiger partial charge in [0.15, 0.2) is 0 Å². The largest absolute Gasteiger partial charge is 0.481 e. The van der Waals surface area contributed by atoms with Gasteiger partial charge >= 0.3 is 5.97 Å². The van der Waals surface area contributed by atoms with Crippen LogP contribution in [0.4, 0.5) is 0 Å². The van der Waals surface area contributed by atoms with Crippen molar-refractivity contribution in [2.24, 2.45) is 0 Å². The van der Waals surface area contributed by atoms with Crippen LogP contribution < -0.4 is 0 Å². The lowest BCUT2D eigenvalue weighted by molar-refractivity contribution is -0.139. The molecule has 0 aliphatic carbocycles. The molecule has 1 aliphatic heterocycles. The second-order valence-corrected chi connectivity index (χ2v) is 2.46. The maximum absolute atomic E-state index is 10.1. The molecule has 1 fully saturated rings. The topological polar surface area (TPSA) is 102 Å². The summed E-state index contributed by atoms with van der Waals surface area (Å²) in [6, 6.07) is 1.75. The van der Waals surface area contributed by atoms with Crippen LogP contribution in [0.15, 0.2) is 0 Å². The summed E-state index contributed by atoms with van der Waals surface area (Å²) < 4.78 is 5.08. The van der Waals surface area contributed by atoms with Crippen molar-refractivity contribution < 1.29 is 20.1 Å². The molecule has 0 amide bonds. The zero-order valence-electron chi connectivity index (χ0n) is 7.62. The molecule has 76 valence electrons. The molecule has 1 rings (SSSR count). The fourth-order valence-electron chi connectivity index (χ4n) is 1.00. The molecule has 0 radical (unpaired) electrons. The van der Waals surface area contributed by atoms with E-state index in [4.69, 9.17) is 15.1 Å². The van der Waals surface area contributed by atoms with E-state index in [-0.39, 0.29) is 18.0 Å². The van der Waals surface area contributed by atoms with E-state index >= 15 is 0 Å². The molecule has 1 unspecified atom stereocenters. The van der Waals surface area contributed by atoms with Crippen LogP contribution in [-0.4, -0.2) is 29.3 Å². The molecule has 0 saturated carbocycles. The molecule has 0 aromatic carbocycles. The summed E-state index contributed by atoms with van der Waals surface area (Å²) in [6.45, 7) is 2.16. The zero-order chi connectivity index (χ0) is 9.40. The van der Waals surface area contributed by atoms with Gasteiger partial charge in [-0.15, -0.1) is 0 Å². The lowest BCUT2D eigenvalue weighted by Gasteiger charge is -2.02. The van der Waals surface area contributed by atoms with Gasteiger partial charge in [-0.05, 0) is 12.8 Å². The fourth-order valence-corrected chi connectivity index (χ4v) is 1.00. The minimum Gasteiger partial charge on any atom is -0.481 e. The number of carboxylic acid groups (broad SMARTS) is 1. The number of nitrogens with zero attached hydrogens (tertiary/aromatic N) is 1. The molecule has 3 N–H and O–H groups in total. The summed E-state index contributed by atoms with van der Waals surface area (Å²) >= 11 is 0. The van der Waals surface area contributed by atoms with Gasteiger partial charge in [0.2, 0.25) is 0 Å². The van der Waals surface area contributed by atoms with Crippen molar-refractivity contribution in [3.8, 4) is 6.07 Å². The fraction of sp³-hybridized carbons (Fsp3) is 0.750. The van der Waals surface area contributed by atoms with Gasteiger partial charge in [0, 0.05) is 13.5 Å². The van der Waals surface area contributed by atoms with Gasteiger partial charge in [0.05, 0.1) is 18.6 Å². The van der Waals surface area contributed by atoms with Crippen LogP contribution in [0.25, 0.3) is 0 Å². The molecular formula is C8H15NO4. The quantitative estimate of drug-likeness (QED) is 0.676. The minimum atomic E-state index is -0.762. The molecule has 0 aromatic heterocycles. The van der Waals surface area contributed by atoms with Crippen molar-refractivity contribution in [2.75, 3.05) is 6.61 Å². The first kappa shape index (κ1) is 14.4. The highest BCUT2D eigenvalue weighted by Crippen LogP contribution is 2.14. The summed E-state index contributed by atoms with van der Waals surface area (Å²) in [5, 5.41) is 15.6. The molecule has 1 heterocycles. The standard InChI is InChI=1S/C6H10O3.C2H3N.H2O/c7-6(8)4-5-2-1-3-9-5;1-2-3;/h5H,1-4H2,(H,7,8);1H3;1H2. The summed E-state index contributed by atoms with van der Waals surface area (Å²) in [5.41, 5.74) is 0. The van der Waals surface area contributed by atoms with Crippen molar-refractivity contribution in [2.45, 2.75) is 32.3 Å². The van der Waals surface area contributed by atoms with Gasteiger partial charge in [-0.3, -0.25) is 4.79 Å². The lowest BCUT2D eigenvalue weighted by Crippen LogP contribution is -2.10. The third-order valence-corrected chi connectivity index (χ3v) is 1.43. The third kappa shape index (κ3) is 8.79. The average Bonchev–Trinajstić information content (AvgIpc) is 2.40. The molecule has 5 heteroatoms. The number of hydrogen-bond acceptors (Lipinski definition) is 3. The molecule has 13 heavy (non-hydrogen) atoms. The van der Waals surface area contributed by atoms with Crippen molar-refractivity contribution >= 4 is 5.97 Å². The molecule has 0 spiro atoms. The Hall–Kier alpha value is -1.12. The second-order valence-electron chi connectivity index (χ2n) is 2.46. The maximum atomic E-state index is 10.1. The van der Waals surface area contributed by atoms with E-state index in [0.717, 1.165) is 19.4 Å². The number of hydrogen-bond donors (Lipinski definition) is 1. The van der Waals surface area contributed by atoms with Gasteiger partial charge in [-0.1, -0.05) is 0 Å². The predicted molar refractivity (Wildman–Crippen MR) is 46.1 cm³/mol. The Bertz CT molecular complexity index is 169. The normalized spacial score (nSPS) is 18.9. The first-order chi connectivity index (χ1) is 5.70. The number of ether oxygens (including phenoxy) is 1. The number of carbonyl (C=O) groups is 1. The first-order valence-corrected chi connectivity index (χ1v) is 3.85. The van der Waals surface area contributed by atoms with Crippen molar-refractivity contribution in [3.63, 3.8) is 0 Å². The lowest BCUT2D eigenvalue weighted by atomic mass is 10.2. The highest BCUT2D eigenvalue weighted by atomic mass is 16.5. The Morgan fingerprint density at radius 3 is 2.62 bits per heavy atom. The van der Waals surface area contributed by atoms with Crippen LogP contribution in [0.2, 0.25) is 0 Å². The maximum Gasteiger partial charge on any atom is 0.305 e. The van der Waals surface area contributed by atoms with E-state index in [1.165, 1.54) is 6.92 Å². The number of nitriles is 1. The van der Waals surface area contributed by atoms with Crippen molar-refractivity contribution in [1.29, 1.82) is 5.26 Å². The van der Waals surface area contributed by atoms with Gasteiger partial charge in [0.1, 0.15) is 0 Å². The number of carboxylic acids is 1. The smallest absolute Gasteiger partial charge is 0.305 e. The Kier molecular flexibility index (Phi) is 9.94. The monoisotopic (exact) mass is 189 g/mol. The van der Waals surface area contributed by atoms with Crippen molar-refractivity contribution in [1.82, 2.24) is 0 Å². The minimum absolute atomic E-state index is 0. The molecule has 5 nitrogen and oxygen atoms in total. The van der Waals surface area contributed by atoms with Crippen LogP contribution in [0.3, 0.4) is 0 Å². The molecule has 0 aromatic rings. The molecule has 1 atom stereocenters. The van der Waals surface area contributed by atoms with Gasteiger partial charge in [-0.25, -0.2) is 0 Å². The molecule has 0 bridgehead atoms. The van der Waals surface area contributed by atoms with E-state index in [0.29, 0.717) is 0 Å². The number of rotatable bonds is 2. The second kappa shape index (κ2) is 8.97. The van der Waals surface area contributed by atoms with E-state index in [2.05, 4.69) is 0 Å². The number of aliphatic carboxylic acids is 1. The van der Waals surface area contributed by atoms with Gasteiger partial charge in [-0.2, -0.15) is 5.26 Å². The highest BCUT2D eigenvalue weighted by Gasteiger charge is 2.17. The molecule has 1 saturated heterocycles. The van der Waals surface area contributed by atoms with Crippen LogP contribution >= 0.6 is 0 Å². The van der Waals surface area contributed by atoms with E-state index < -0.39 is 5.97 Å². The Morgan fingerprint density at radius 1 is 1.77 bits per heavy atom. The highest BCUT2D eigenvalue weighted by molar-refractivity contribution is 5.67. The van der Waals surface area contributed by atoms with Crippen LogP contribution in [0, 0.1) is 11.3 Å². The Balaban J connectivity index is 0. The van der Waals surface area contributed by atoms with E-state index in [1.807, 2.05) is 0 Å². The summed E-state index contributed by atoms with van der Waals surface area (Å²) in [7, 11) is 0. The van der Waals surface area contributed by atoms with E-state index in [1.54, 1.807) is 6.07 Å². The SMILES string of the molecule is CC#N.O.O=C(O)CC1CCCO1. The Labute approximate surface area is 77.2 Å².